The van der Waals surface area contributed by atoms with Gasteiger partial charge in [0.1, 0.15) is 5.75 Å². The van der Waals surface area contributed by atoms with Gasteiger partial charge >= 0.3 is 0 Å². The molecule has 3 rings (SSSR count). The summed E-state index contributed by atoms with van der Waals surface area (Å²) in [6, 6.07) is 13.1. The molecule has 0 aromatic heterocycles. The van der Waals surface area contributed by atoms with Crippen molar-refractivity contribution >= 4 is 57.6 Å². The quantitative estimate of drug-likeness (QED) is 0.553. The fourth-order valence-corrected chi connectivity index (χ4v) is 3.92. The van der Waals surface area contributed by atoms with Crippen LogP contribution in [0.15, 0.2) is 47.4 Å². The van der Waals surface area contributed by atoms with Crippen LogP contribution in [-0.2, 0) is 4.79 Å². The summed E-state index contributed by atoms with van der Waals surface area (Å²) in [5.74, 6) is 0.413. The van der Waals surface area contributed by atoms with E-state index in [2.05, 4.69) is 0 Å². The zero-order valence-corrected chi connectivity index (χ0v) is 15.5. The zero-order valence-electron chi connectivity index (χ0n) is 13.1. The molecule has 0 aliphatic carbocycles. The molecule has 0 unspecified atom stereocenters. The number of nitrogens with zero attached hydrogens (tertiary/aromatic N) is 1. The van der Waals surface area contributed by atoms with Gasteiger partial charge in [0.2, 0.25) is 0 Å². The molecular weight excluding hydrogens is 362 g/mol. The maximum atomic E-state index is 12.8. The molecule has 24 heavy (non-hydrogen) atoms. The Morgan fingerprint density at radius 3 is 2.67 bits per heavy atom. The summed E-state index contributed by atoms with van der Waals surface area (Å²) >= 11 is 12.8. The maximum absolute atomic E-state index is 12.8. The van der Waals surface area contributed by atoms with Gasteiger partial charge in [0.15, 0.2) is 4.32 Å². The van der Waals surface area contributed by atoms with E-state index in [1.807, 2.05) is 37.3 Å². The van der Waals surface area contributed by atoms with Crippen LogP contribution >= 0.6 is 35.6 Å². The molecule has 3 nitrogen and oxygen atoms in total. The minimum atomic E-state index is -0.144. The lowest BCUT2D eigenvalue weighted by molar-refractivity contribution is -0.113. The molecular formula is C18H14ClNO2S2. The third kappa shape index (κ3) is 3.20. The average Bonchev–Trinajstić information content (AvgIpc) is 2.83. The van der Waals surface area contributed by atoms with Gasteiger partial charge < -0.3 is 4.74 Å². The standard InChI is InChI=1S/C18H14ClNO2S2/c1-11-5-3-4-6-12(11)9-16-17(21)20(18(23)24-16)13-7-8-15(22-2)14(19)10-13/h3-10H,1-2H3/b16-9+. The van der Waals surface area contributed by atoms with Crippen molar-refractivity contribution in [1.82, 2.24) is 0 Å². The summed E-state index contributed by atoms with van der Waals surface area (Å²) in [6.07, 6.45) is 1.87. The highest BCUT2D eigenvalue weighted by molar-refractivity contribution is 8.27. The molecule has 2 aromatic rings. The first-order valence-electron chi connectivity index (χ1n) is 7.18. The number of aryl methyl sites for hydroxylation is 1. The van der Waals surface area contributed by atoms with Crippen molar-refractivity contribution in [3.63, 3.8) is 0 Å². The summed E-state index contributed by atoms with van der Waals surface area (Å²) < 4.78 is 5.63. The van der Waals surface area contributed by atoms with Crippen molar-refractivity contribution in [3.05, 3.63) is 63.5 Å². The van der Waals surface area contributed by atoms with Gasteiger partial charge in [-0.3, -0.25) is 9.69 Å². The Hall–Kier alpha value is -1.82. The summed E-state index contributed by atoms with van der Waals surface area (Å²) in [5, 5.41) is 0.437. The van der Waals surface area contributed by atoms with E-state index in [1.165, 1.54) is 16.7 Å². The van der Waals surface area contributed by atoms with Gasteiger partial charge in [0, 0.05) is 0 Å². The van der Waals surface area contributed by atoms with Crippen LogP contribution in [-0.4, -0.2) is 17.3 Å². The fourth-order valence-electron chi connectivity index (χ4n) is 2.37. The Morgan fingerprint density at radius 1 is 1.25 bits per heavy atom. The number of carbonyl (C=O) groups excluding carboxylic acids is 1. The topological polar surface area (TPSA) is 29.5 Å². The lowest BCUT2D eigenvalue weighted by Gasteiger charge is -2.15. The number of benzene rings is 2. The minimum Gasteiger partial charge on any atom is -0.495 e. The highest BCUT2D eigenvalue weighted by atomic mass is 35.5. The van der Waals surface area contributed by atoms with E-state index in [4.69, 9.17) is 28.6 Å². The van der Waals surface area contributed by atoms with Crippen LogP contribution in [0.25, 0.3) is 6.08 Å². The van der Waals surface area contributed by atoms with Crippen molar-refractivity contribution < 1.29 is 9.53 Å². The number of rotatable bonds is 3. The van der Waals surface area contributed by atoms with Crippen LogP contribution in [0.1, 0.15) is 11.1 Å². The van der Waals surface area contributed by atoms with Crippen LogP contribution < -0.4 is 9.64 Å². The molecule has 0 atom stereocenters. The molecule has 1 amide bonds. The second kappa shape index (κ2) is 6.97. The van der Waals surface area contributed by atoms with Gasteiger partial charge in [-0.25, -0.2) is 0 Å². The number of methoxy groups -OCH3 is 1. The Morgan fingerprint density at radius 2 is 2.00 bits per heavy atom. The predicted octanol–water partition coefficient (Wildman–Crippen LogP) is 5.06. The van der Waals surface area contributed by atoms with Crippen molar-refractivity contribution in [2.45, 2.75) is 6.92 Å². The van der Waals surface area contributed by atoms with Gasteiger partial charge in [-0.05, 0) is 42.3 Å². The number of carbonyl (C=O) groups is 1. The first-order valence-corrected chi connectivity index (χ1v) is 8.78. The van der Waals surface area contributed by atoms with Gasteiger partial charge in [-0.15, -0.1) is 0 Å². The van der Waals surface area contributed by atoms with E-state index in [-0.39, 0.29) is 5.91 Å². The number of thioether (sulfide) groups is 1. The Labute approximate surface area is 155 Å². The second-order valence-electron chi connectivity index (χ2n) is 5.19. The van der Waals surface area contributed by atoms with Crippen LogP contribution in [0, 0.1) is 6.92 Å². The SMILES string of the molecule is COc1ccc(N2C(=O)/C(=C\c3ccccc3C)SC2=S)cc1Cl. The number of ether oxygens (including phenoxy) is 1. The lowest BCUT2D eigenvalue weighted by atomic mass is 10.1. The average molecular weight is 376 g/mol. The van der Waals surface area contributed by atoms with E-state index in [1.54, 1.807) is 25.3 Å². The van der Waals surface area contributed by atoms with E-state index in [0.717, 1.165) is 11.1 Å². The molecule has 0 spiro atoms. The molecule has 1 saturated heterocycles. The highest BCUT2D eigenvalue weighted by Gasteiger charge is 2.33. The van der Waals surface area contributed by atoms with Crippen molar-refractivity contribution in [3.8, 4) is 5.75 Å². The van der Waals surface area contributed by atoms with Crippen LogP contribution in [0.2, 0.25) is 5.02 Å². The number of thiocarbonyl (C=S) groups is 1. The first kappa shape index (κ1) is 17.0. The number of amides is 1. The molecule has 6 heteroatoms. The minimum absolute atomic E-state index is 0.144. The maximum Gasteiger partial charge on any atom is 0.270 e. The molecule has 0 saturated carbocycles. The summed E-state index contributed by atoms with van der Waals surface area (Å²) in [6.45, 7) is 2.01. The number of halogens is 1. The van der Waals surface area contributed by atoms with Gasteiger partial charge in [-0.2, -0.15) is 0 Å². The summed E-state index contributed by atoms with van der Waals surface area (Å²) in [7, 11) is 1.55. The number of hydrogen-bond acceptors (Lipinski definition) is 4. The Bertz CT molecular complexity index is 864. The highest BCUT2D eigenvalue weighted by Crippen LogP contribution is 2.38. The van der Waals surface area contributed by atoms with Gasteiger partial charge in [-0.1, -0.05) is 59.8 Å². The van der Waals surface area contributed by atoms with Crippen LogP contribution in [0.3, 0.4) is 0 Å². The normalized spacial score (nSPS) is 16.1. The molecule has 0 N–H and O–H groups in total. The smallest absolute Gasteiger partial charge is 0.270 e. The molecule has 2 aromatic carbocycles. The number of anilines is 1. The molecule has 1 aliphatic heterocycles. The fraction of sp³-hybridized carbons (Fsp3) is 0.111. The van der Waals surface area contributed by atoms with Crippen LogP contribution in [0.4, 0.5) is 5.69 Å². The molecule has 1 fully saturated rings. The van der Waals surface area contributed by atoms with Gasteiger partial charge in [0.25, 0.3) is 5.91 Å². The molecule has 1 aliphatic rings. The third-order valence-corrected chi connectivity index (χ3v) is 5.26. The first-order chi connectivity index (χ1) is 11.5. The monoisotopic (exact) mass is 375 g/mol. The number of hydrogen-bond donors (Lipinski definition) is 0. The third-order valence-electron chi connectivity index (χ3n) is 3.66. The molecule has 1 heterocycles. The van der Waals surface area contributed by atoms with Crippen molar-refractivity contribution in [2.24, 2.45) is 0 Å². The molecule has 122 valence electrons. The van der Waals surface area contributed by atoms with E-state index >= 15 is 0 Å². The molecule has 0 bridgehead atoms. The van der Waals surface area contributed by atoms with E-state index in [0.29, 0.717) is 25.7 Å². The largest absolute Gasteiger partial charge is 0.495 e. The molecule has 0 radical (unpaired) electrons. The van der Waals surface area contributed by atoms with E-state index in [9.17, 15) is 4.79 Å². The lowest BCUT2D eigenvalue weighted by Crippen LogP contribution is -2.27. The van der Waals surface area contributed by atoms with Crippen molar-refractivity contribution in [1.29, 1.82) is 0 Å². The Balaban J connectivity index is 1.95. The zero-order chi connectivity index (χ0) is 17.3. The summed E-state index contributed by atoms with van der Waals surface area (Å²) in [4.78, 5) is 14.9. The Kier molecular flexibility index (Phi) is 4.94. The summed E-state index contributed by atoms with van der Waals surface area (Å²) in [5.41, 5.74) is 2.75. The van der Waals surface area contributed by atoms with Crippen LogP contribution in [0.5, 0.6) is 5.75 Å². The predicted molar refractivity (Wildman–Crippen MR) is 105 cm³/mol. The van der Waals surface area contributed by atoms with E-state index < -0.39 is 0 Å². The van der Waals surface area contributed by atoms with Gasteiger partial charge in [0.05, 0.1) is 22.7 Å². The van der Waals surface area contributed by atoms with Crippen molar-refractivity contribution in [2.75, 3.05) is 12.0 Å². The second-order valence-corrected chi connectivity index (χ2v) is 7.28.